The predicted octanol–water partition coefficient (Wildman–Crippen LogP) is 3.74. The Balaban J connectivity index is 2.73. The lowest BCUT2D eigenvalue weighted by molar-refractivity contribution is 0.807. The molecule has 1 N–H and O–H groups in total. The summed E-state index contributed by atoms with van der Waals surface area (Å²) < 4.78 is 0. The van der Waals surface area contributed by atoms with Gasteiger partial charge >= 0.3 is 0 Å². The van der Waals surface area contributed by atoms with E-state index >= 15 is 0 Å². The molecule has 2 heteroatoms. The second-order valence-corrected chi connectivity index (χ2v) is 3.92. The summed E-state index contributed by atoms with van der Waals surface area (Å²) in [7, 11) is 1.97. The molecule has 0 aliphatic heterocycles. The van der Waals surface area contributed by atoms with Crippen molar-refractivity contribution >= 4 is 17.2 Å². The molecule has 0 fully saturated rings. The maximum atomic E-state index is 5.86. The zero-order valence-corrected chi connectivity index (χ0v) is 10.1. The van der Waals surface area contributed by atoms with Crippen molar-refractivity contribution in [2.75, 3.05) is 13.6 Å². The van der Waals surface area contributed by atoms with Gasteiger partial charge in [0.25, 0.3) is 0 Å². The minimum Gasteiger partial charge on any atom is -0.319 e. The molecule has 1 aromatic carbocycles. The molecule has 0 aromatic heterocycles. The second kappa shape index (κ2) is 6.65. The normalized spacial score (nSPS) is 11.8. The summed E-state index contributed by atoms with van der Waals surface area (Å²) in [5.74, 6) is 0. The fraction of sp³-hybridized carbons (Fsp3) is 0.385. The van der Waals surface area contributed by atoms with E-state index in [1.165, 1.54) is 11.1 Å². The minimum atomic E-state index is 0.796. The van der Waals surface area contributed by atoms with Gasteiger partial charge in [-0.05, 0) is 49.7 Å². The first-order chi connectivity index (χ1) is 7.27. The van der Waals surface area contributed by atoms with Crippen LogP contribution in [0.5, 0.6) is 0 Å². The zero-order valence-electron chi connectivity index (χ0n) is 9.39. The maximum absolute atomic E-state index is 5.86. The number of halogens is 1. The highest BCUT2D eigenvalue weighted by Gasteiger charge is 1.98. The molecule has 0 aliphatic rings. The largest absolute Gasteiger partial charge is 0.319 e. The molecule has 1 nitrogen and oxygen atoms in total. The molecule has 0 radical (unpaired) electrons. The Morgan fingerprint density at radius 1 is 1.33 bits per heavy atom. The molecule has 0 saturated carbocycles. The molecule has 0 heterocycles. The van der Waals surface area contributed by atoms with E-state index in [-0.39, 0.29) is 0 Å². The first-order valence-electron chi connectivity index (χ1n) is 5.37. The number of nitrogens with one attached hydrogen (secondary N) is 1. The van der Waals surface area contributed by atoms with Gasteiger partial charge in [-0.1, -0.05) is 36.7 Å². The third-order valence-corrected chi connectivity index (χ3v) is 2.63. The molecule has 0 unspecified atom stereocenters. The van der Waals surface area contributed by atoms with E-state index in [0.29, 0.717) is 0 Å². The third-order valence-electron chi connectivity index (χ3n) is 2.38. The Labute approximate surface area is 97.1 Å². The van der Waals surface area contributed by atoms with Crippen LogP contribution in [0.2, 0.25) is 5.02 Å². The molecular weight excluding hydrogens is 206 g/mol. The van der Waals surface area contributed by atoms with Gasteiger partial charge in [-0.3, -0.25) is 0 Å². The average molecular weight is 224 g/mol. The van der Waals surface area contributed by atoms with Gasteiger partial charge in [-0.15, -0.1) is 0 Å². The van der Waals surface area contributed by atoms with Crippen molar-refractivity contribution in [2.24, 2.45) is 0 Å². The SMILES string of the molecule is CC/C(=C\CCNC)c1ccc(Cl)cc1. The standard InChI is InChI=1S/C13H18ClN/c1-3-11(5-4-10-15-2)12-6-8-13(14)9-7-12/h5-9,15H,3-4,10H2,1-2H3/b11-5+. The van der Waals surface area contributed by atoms with E-state index < -0.39 is 0 Å². The van der Waals surface area contributed by atoms with Crippen LogP contribution in [-0.4, -0.2) is 13.6 Å². The van der Waals surface area contributed by atoms with E-state index in [1.54, 1.807) is 0 Å². The van der Waals surface area contributed by atoms with Gasteiger partial charge in [0.2, 0.25) is 0 Å². The molecule has 82 valence electrons. The van der Waals surface area contributed by atoms with Crippen LogP contribution in [0.1, 0.15) is 25.3 Å². The Hall–Kier alpha value is -0.790. The van der Waals surface area contributed by atoms with Gasteiger partial charge < -0.3 is 5.32 Å². The average Bonchev–Trinajstić information content (AvgIpc) is 2.26. The van der Waals surface area contributed by atoms with E-state index in [0.717, 1.165) is 24.4 Å². The van der Waals surface area contributed by atoms with Crippen LogP contribution in [0, 0.1) is 0 Å². The van der Waals surface area contributed by atoms with Gasteiger partial charge in [0.05, 0.1) is 0 Å². The Bertz CT molecular complexity index is 314. The second-order valence-electron chi connectivity index (χ2n) is 3.48. The third kappa shape index (κ3) is 4.06. The highest BCUT2D eigenvalue weighted by Crippen LogP contribution is 2.20. The summed E-state index contributed by atoms with van der Waals surface area (Å²) in [6, 6.07) is 8.05. The number of hydrogen-bond donors (Lipinski definition) is 1. The molecule has 1 aromatic rings. The maximum Gasteiger partial charge on any atom is 0.0406 e. The number of rotatable bonds is 5. The summed E-state index contributed by atoms with van der Waals surface area (Å²) in [5.41, 5.74) is 2.67. The summed E-state index contributed by atoms with van der Waals surface area (Å²) in [6.45, 7) is 3.21. The van der Waals surface area contributed by atoms with Crippen molar-refractivity contribution in [1.29, 1.82) is 0 Å². The number of hydrogen-bond acceptors (Lipinski definition) is 1. The van der Waals surface area contributed by atoms with Crippen LogP contribution in [0.15, 0.2) is 30.3 Å². The van der Waals surface area contributed by atoms with Gasteiger partial charge in [-0.25, -0.2) is 0 Å². The molecule has 15 heavy (non-hydrogen) atoms. The summed E-state index contributed by atoms with van der Waals surface area (Å²) >= 11 is 5.86. The Morgan fingerprint density at radius 3 is 2.53 bits per heavy atom. The zero-order chi connectivity index (χ0) is 11.1. The van der Waals surface area contributed by atoms with E-state index in [9.17, 15) is 0 Å². The lowest BCUT2D eigenvalue weighted by atomic mass is 10.0. The highest BCUT2D eigenvalue weighted by molar-refractivity contribution is 6.30. The first-order valence-corrected chi connectivity index (χ1v) is 5.75. The van der Waals surface area contributed by atoms with Crippen LogP contribution in [-0.2, 0) is 0 Å². The Morgan fingerprint density at radius 2 is 2.00 bits per heavy atom. The lowest BCUT2D eigenvalue weighted by Gasteiger charge is -2.05. The highest BCUT2D eigenvalue weighted by atomic mass is 35.5. The topological polar surface area (TPSA) is 12.0 Å². The first kappa shape index (κ1) is 12.3. The molecule has 0 spiro atoms. The van der Waals surface area contributed by atoms with Crippen molar-refractivity contribution in [3.8, 4) is 0 Å². The molecular formula is C13H18ClN. The van der Waals surface area contributed by atoms with Crippen molar-refractivity contribution in [1.82, 2.24) is 5.32 Å². The van der Waals surface area contributed by atoms with Gasteiger partial charge in [-0.2, -0.15) is 0 Å². The van der Waals surface area contributed by atoms with Crippen molar-refractivity contribution in [3.05, 3.63) is 40.9 Å². The summed E-state index contributed by atoms with van der Waals surface area (Å²) in [4.78, 5) is 0. The van der Waals surface area contributed by atoms with Crippen molar-refractivity contribution in [2.45, 2.75) is 19.8 Å². The van der Waals surface area contributed by atoms with Crippen LogP contribution in [0.25, 0.3) is 5.57 Å². The smallest absolute Gasteiger partial charge is 0.0406 e. The van der Waals surface area contributed by atoms with Gasteiger partial charge in [0.15, 0.2) is 0 Å². The van der Waals surface area contributed by atoms with E-state index in [1.807, 2.05) is 19.2 Å². The predicted molar refractivity (Wildman–Crippen MR) is 68.3 cm³/mol. The fourth-order valence-corrected chi connectivity index (χ4v) is 1.65. The summed E-state index contributed by atoms with van der Waals surface area (Å²) in [5, 5.41) is 3.94. The number of allylic oxidation sites excluding steroid dienone is 1. The Kier molecular flexibility index (Phi) is 5.44. The lowest BCUT2D eigenvalue weighted by Crippen LogP contribution is -2.06. The minimum absolute atomic E-state index is 0.796. The van der Waals surface area contributed by atoms with Gasteiger partial charge in [0.1, 0.15) is 0 Å². The molecule has 0 aliphatic carbocycles. The van der Waals surface area contributed by atoms with Crippen LogP contribution < -0.4 is 5.32 Å². The quantitative estimate of drug-likeness (QED) is 0.750. The van der Waals surface area contributed by atoms with E-state index in [2.05, 4.69) is 30.4 Å². The van der Waals surface area contributed by atoms with E-state index in [4.69, 9.17) is 11.6 Å². The van der Waals surface area contributed by atoms with Crippen LogP contribution in [0.4, 0.5) is 0 Å². The molecule has 0 bridgehead atoms. The van der Waals surface area contributed by atoms with Gasteiger partial charge in [0, 0.05) is 5.02 Å². The number of benzene rings is 1. The van der Waals surface area contributed by atoms with Crippen molar-refractivity contribution in [3.63, 3.8) is 0 Å². The molecule has 0 saturated heterocycles. The van der Waals surface area contributed by atoms with Crippen molar-refractivity contribution < 1.29 is 0 Å². The summed E-state index contributed by atoms with van der Waals surface area (Å²) in [6.07, 6.45) is 4.42. The van der Waals surface area contributed by atoms with Crippen LogP contribution in [0.3, 0.4) is 0 Å². The monoisotopic (exact) mass is 223 g/mol. The molecule has 0 amide bonds. The fourth-order valence-electron chi connectivity index (χ4n) is 1.52. The molecule has 0 atom stereocenters. The molecule has 1 rings (SSSR count). The van der Waals surface area contributed by atoms with Crippen LogP contribution >= 0.6 is 11.6 Å².